The van der Waals surface area contributed by atoms with Gasteiger partial charge in [0, 0.05) is 44.3 Å². The van der Waals surface area contributed by atoms with Crippen molar-refractivity contribution in [2.75, 3.05) is 39.6 Å². The maximum Gasteiger partial charge on any atom is 0.397 e. The van der Waals surface area contributed by atoms with Crippen LogP contribution in [0.2, 0.25) is 0 Å². The van der Waals surface area contributed by atoms with Crippen LogP contribution in [-0.4, -0.2) is 100 Å². The molecule has 0 bridgehead atoms. The summed E-state index contributed by atoms with van der Waals surface area (Å²) in [4.78, 5) is 1.84. The van der Waals surface area contributed by atoms with Crippen molar-refractivity contribution in [3.8, 4) is 0 Å². The van der Waals surface area contributed by atoms with Crippen molar-refractivity contribution in [1.29, 1.82) is 0 Å². The van der Waals surface area contributed by atoms with E-state index < -0.39 is 27.5 Å². The third-order valence-corrected chi connectivity index (χ3v) is 5.24. The first-order valence-electron chi connectivity index (χ1n) is 11.0. The van der Waals surface area contributed by atoms with Crippen molar-refractivity contribution in [3.63, 3.8) is 0 Å². The van der Waals surface area contributed by atoms with Crippen LogP contribution in [0.3, 0.4) is 0 Å². The van der Waals surface area contributed by atoms with Gasteiger partial charge in [-0.25, -0.2) is 17.7 Å². The summed E-state index contributed by atoms with van der Waals surface area (Å²) >= 11 is 0. The number of nitrogens with one attached hydrogen (secondary N) is 1. The second-order valence-electron chi connectivity index (χ2n) is 7.62. The Morgan fingerprint density at radius 1 is 1.03 bits per heavy atom. The monoisotopic (exact) mass is 587 g/mol. The first-order valence-corrected chi connectivity index (χ1v) is 13.7. The van der Waals surface area contributed by atoms with E-state index in [0.717, 1.165) is 0 Å². The van der Waals surface area contributed by atoms with Crippen molar-refractivity contribution >= 4 is 20.8 Å². The molecule has 0 saturated heterocycles. The smallest absolute Gasteiger partial charge is 0.397 e. The van der Waals surface area contributed by atoms with E-state index in [9.17, 15) is 21.2 Å². The molecule has 2 heterocycles. The van der Waals surface area contributed by atoms with E-state index >= 15 is 0 Å². The fourth-order valence-electron chi connectivity index (χ4n) is 2.88. The van der Waals surface area contributed by atoms with Gasteiger partial charge in [0.25, 0.3) is 0 Å². The lowest BCUT2D eigenvalue weighted by Crippen LogP contribution is -2.29. The minimum atomic E-state index is -4.57. The summed E-state index contributed by atoms with van der Waals surface area (Å²) in [5, 5.41) is 18.7. The van der Waals surface area contributed by atoms with Gasteiger partial charge in [-0.15, -0.1) is 10.2 Å². The second kappa shape index (κ2) is 15.6. The Morgan fingerprint density at radius 2 is 1.63 bits per heavy atom. The standard InChI is InChI=1S/C17H30FN9O9S2/c18-2-1-5-34-14-27-13-17(22-24-27)11-25(9-15(19)8-20-3-6-35-37(28,29)30)10-16-12-26(23-21-16)4-7-36-38(31,32)33/h8,12-13,20H,1-7,9-11,14,19H2,(H,28,29,30)(H,31,32,33)/b15-8-. The van der Waals surface area contributed by atoms with Gasteiger partial charge >= 0.3 is 20.8 Å². The molecule has 0 aliphatic carbocycles. The number of rotatable bonds is 20. The zero-order chi connectivity index (χ0) is 28.0. The van der Waals surface area contributed by atoms with Crippen LogP contribution in [0, 0.1) is 0 Å². The topological polar surface area (TPSA) is 239 Å². The van der Waals surface area contributed by atoms with Gasteiger partial charge in [0.15, 0.2) is 0 Å². The van der Waals surface area contributed by atoms with Crippen molar-refractivity contribution < 1.29 is 43.4 Å². The quantitative estimate of drug-likeness (QED) is 0.0990. The number of aromatic nitrogens is 6. The summed E-state index contributed by atoms with van der Waals surface area (Å²) in [5.74, 6) is 0. The van der Waals surface area contributed by atoms with Crippen LogP contribution in [-0.2, 0) is 60.3 Å². The number of alkyl halides is 1. The maximum absolute atomic E-state index is 12.2. The van der Waals surface area contributed by atoms with Crippen molar-refractivity contribution in [3.05, 3.63) is 35.7 Å². The van der Waals surface area contributed by atoms with Gasteiger partial charge in [-0.2, -0.15) is 16.8 Å². The maximum atomic E-state index is 12.2. The zero-order valence-electron chi connectivity index (χ0n) is 20.2. The van der Waals surface area contributed by atoms with Crippen LogP contribution in [0.25, 0.3) is 0 Å². The summed E-state index contributed by atoms with van der Waals surface area (Å²) in [6.07, 6.45) is 4.93. The van der Waals surface area contributed by atoms with E-state index in [1.807, 2.05) is 4.90 Å². The molecule has 21 heteroatoms. The predicted molar refractivity (Wildman–Crippen MR) is 126 cm³/mol. The van der Waals surface area contributed by atoms with Crippen LogP contribution in [0.15, 0.2) is 24.3 Å². The molecule has 216 valence electrons. The molecule has 0 unspecified atom stereocenters. The minimum absolute atomic E-state index is 0.0150. The number of hydrogen-bond acceptors (Lipinski definition) is 14. The molecular formula is C17H30FN9O9S2. The van der Waals surface area contributed by atoms with Gasteiger partial charge in [-0.3, -0.25) is 18.4 Å². The summed E-state index contributed by atoms with van der Waals surface area (Å²) in [6.45, 7) is -0.0200. The highest BCUT2D eigenvalue weighted by Crippen LogP contribution is 2.08. The fourth-order valence-corrected chi connectivity index (χ4v) is 3.46. The predicted octanol–water partition coefficient (Wildman–Crippen LogP) is -1.77. The van der Waals surface area contributed by atoms with E-state index in [-0.39, 0.29) is 65.7 Å². The Bertz CT molecular complexity index is 1220. The first-order chi connectivity index (χ1) is 17.9. The Morgan fingerprint density at radius 3 is 2.26 bits per heavy atom. The second-order valence-corrected chi connectivity index (χ2v) is 9.80. The molecule has 0 fully saturated rings. The summed E-state index contributed by atoms with van der Waals surface area (Å²) in [7, 11) is -9.10. The molecular weight excluding hydrogens is 557 g/mol. The van der Waals surface area contributed by atoms with Gasteiger partial charge in [0.05, 0.1) is 50.6 Å². The van der Waals surface area contributed by atoms with E-state index in [1.54, 1.807) is 12.4 Å². The number of nitrogens with zero attached hydrogens (tertiary/aromatic N) is 7. The van der Waals surface area contributed by atoms with Gasteiger partial charge < -0.3 is 15.8 Å². The van der Waals surface area contributed by atoms with E-state index in [0.29, 0.717) is 17.1 Å². The molecule has 0 radical (unpaired) electrons. The summed E-state index contributed by atoms with van der Waals surface area (Å²) < 4.78 is 88.5. The minimum Gasteiger partial charge on any atom is -0.400 e. The summed E-state index contributed by atoms with van der Waals surface area (Å²) in [5.41, 5.74) is 7.50. The average molecular weight is 588 g/mol. The number of nitrogens with two attached hydrogens (primary N) is 1. The van der Waals surface area contributed by atoms with E-state index in [4.69, 9.17) is 19.6 Å². The molecule has 0 amide bonds. The van der Waals surface area contributed by atoms with Crippen molar-refractivity contribution in [2.24, 2.45) is 5.73 Å². The van der Waals surface area contributed by atoms with Gasteiger partial charge in [0.1, 0.15) is 6.73 Å². The highest BCUT2D eigenvalue weighted by Gasteiger charge is 2.14. The number of halogens is 1. The van der Waals surface area contributed by atoms with Gasteiger partial charge in [-0.1, -0.05) is 10.4 Å². The SMILES string of the molecule is N/C(=C\NCCOS(=O)(=O)O)CN(Cc1cn(CCOS(=O)(=O)O)nn1)Cc1cn(COCCCF)nn1. The van der Waals surface area contributed by atoms with Gasteiger partial charge in [-0.05, 0) is 6.42 Å². The third kappa shape index (κ3) is 14.2. The van der Waals surface area contributed by atoms with E-state index in [2.05, 4.69) is 34.3 Å². The van der Waals surface area contributed by atoms with Gasteiger partial charge in [0.2, 0.25) is 0 Å². The molecule has 38 heavy (non-hydrogen) atoms. The normalized spacial score (nSPS) is 12.9. The molecule has 18 nitrogen and oxygen atoms in total. The lowest BCUT2D eigenvalue weighted by molar-refractivity contribution is 0.0628. The molecule has 0 atom stereocenters. The molecule has 0 saturated carbocycles. The number of hydrogen-bond donors (Lipinski definition) is 4. The first kappa shape index (κ1) is 31.4. The molecule has 2 aromatic rings. The molecule has 0 spiro atoms. The molecule has 2 aromatic heterocycles. The Balaban J connectivity index is 1.99. The molecule has 0 aromatic carbocycles. The van der Waals surface area contributed by atoms with Crippen molar-refractivity contribution in [1.82, 2.24) is 40.2 Å². The molecule has 0 aliphatic heterocycles. The van der Waals surface area contributed by atoms with E-state index in [1.165, 1.54) is 15.6 Å². The zero-order valence-corrected chi connectivity index (χ0v) is 21.8. The average Bonchev–Trinajstić information content (AvgIpc) is 3.44. The van der Waals surface area contributed by atoms with Crippen LogP contribution in [0.1, 0.15) is 17.8 Å². The third-order valence-electron chi connectivity index (χ3n) is 4.31. The molecule has 5 N–H and O–H groups in total. The Hall–Kier alpha value is -2.79. The van der Waals surface area contributed by atoms with Crippen LogP contribution >= 0.6 is 0 Å². The highest BCUT2D eigenvalue weighted by molar-refractivity contribution is 7.81. The van der Waals surface area contributed by atoms with Crippen LogP contribution in [0.4, 0.5) is 4.39 Å². The fraction of sp³-hybridized carbons (Fsp3) is 0.647. The lowest BCUT2D eigenvalue weighted by Gasteiger charge is -2.20. The Kier molecular flexibility index (Phi) is 12.9. The largest absolute Gasteiger partial charge is 0.400 e. The molecule has 2 rings (SSSR count). The van der Waals surface area contributed by atoms with Crippen LogP contribution in [0.5, 0.6) is 0 Å². The number of ether oxygens (including phenoxy) is 1. The lowest BCUT2D eigenvalue weighted by atomic mass is 10.3. The Labute approximate surface area is 218 Å². The summed E-state index contributed by atoms with van der Waals surface area (Å²) in [6, 6.07) is 0. The highest BCUT2D eigenvalue weighted by atomic mass is 32.3. The van der Waals surface area contributed by atoms with Crippen LogP contribution < -0.4 is 11.1 Å². The molecule has 0 aliphatic rings. The van der Waals surface area contributed by atoms with Crippen molar-refractivity contribution in [2.45, 2.75) is 32.8 Å².